The fourth-order valence-corrected chi connectivity index (χ4v) is 3.19. The third kappa shape index (κ3) is 6.99. The van der Waals surface area contributed by atoms with E-state index in [0.29, 0.717) is 41.0 Å². The molecule has 3 rings (SSSR count). The largest absolute Gasteiger partial charge is 0.490 e. The van der Waals surface area contributed by atoms with Gasteiger partial charge in [0.2, 0.25) is 0 Å². The average Bonchev–Trinajstić information content (AvgIpc) is 2.82. The summed E-state index contributed by atoms with van der Waals surface area (Å²) in [7, 11) is 0. The smallest absolute Gasteiger partial charge is 0.374 e. The van der Waals surface area contributed by atoms with Crippen LogP contribution in [0.3, 0.4) is 0 Å². The average molecular weight is 482 g/mol. The van der Waals surface area contributed by atoms with Crippen LogP contribution in [0.1, 0.15) is 36.1 Å². The maximum Gasteiger partial charge on any atom is 0.374 e. The Morgan fingerprint density at radius 1 is 1.00 bits per heavy atom. The maximum atomic E-state index is 12.2. The molecule has 0 aliphatic heterocycles. The van der Waals surface area contributed by atoms with E-state index in [9.17, 15) is 4.79 Å². The summed E-state index contributed by atoms with van der Waals surface area (Å²) in [6.45, 7) is 8.31. The van der Waals surface area contributed by atoms with Crippen molar-refractivity contribution in [3.8, 4) is 17.2 Å². The van der Waals surface area contributed by atoms with Crippen LogP contribution < -0.4 is 14.2 Å². The van der Waals surface area contributed by atoms with Gasteiger partial charge in [-0.25, -0.2) is 4.79 Å². The van der Waals surface area contributed by atoms with Crippen LogP contribution in [0.4, 0.5) is 0 Å². The highest BCUT2D eigenvalue weighted by Crippen LogP contribution is 2.29. The number of nitrogens with zero attached hydrogens (tertiary/aromatic N) is 1. The first kappa shape index (κ1) is 25.1. The monoisotopic (exact) mass is 481 g/mol. The van der Waals surface area contributed by atoms with Crippen molar-refractivity contribution in [3.05, 3.63) is 87.9 Å². The third-order valence-corrected chi connectivity index (χ3v) is 5.45. The van der Waals surface area contributed by atoms with Crippen molar-refractivity contribution in [2.45, 2.75) is 40.4 Å². The summed E-state index contributed by atoms with van der Waals surface area (Å²) in [5.41, 5.74) is 3.82. The molecule has 6 nitrogen and oxygen atoms in total. The first-order valence-corrected chi connectivity index (χ1v) is 11.4. The Labute approximate surface area is 205 Å². The van der Waals surface area contributed by atoms with Gasteiger partial charge < -0.3 is 19.0 Å². The van der Waals surface area contributed by atoms with Crippen LogP contribution in [0.15, 0.2) is 65.8 Å². The van der Waals surface area contributed by atoms with E-state index in [1.54, 1.807) is 37.3 Å². The molecule has 0 amide bonds. The van der Waals surface area contributed by atoms with Gasteiger partial charge in [0.15, 0.2) is 17.6 Å². The molecule has 3 aromatic carbocycles. The summed E-state index contributed by atoms with van der Waals surface area (Å²) < 4.78 is 17.3. The standard InChI is InChI=1S/C27H28ClNO5/c1-5-31-26-15-21(10-13-25(26)32-17-22-9-7-6-8-18(22)2)16-29-34-27(30)20(4)33-23-11-12-24(28)19(3)14-23/h6-16,20H,5,17H2,1-4H3/b29-16+. The van der Waals surface area contributed by atoms with E-state index in [1.807, 2.05) is 51.1 Å². The van der Waals surface area contributed by atoms with Crippen molar-refractivity contribution in [1.29, 1.82) is 0 Å². The van der Waals surface area contributed by atoms with Crippen molar-refractivity contribution in [2.75, 3.05) is 6.61 Å². The lowest BCUT2D eigenvalue weighted by atomic mass is 10.1. The van der Waals surface area contributed by atoms with E-state index in [1.165, 1.54) is 6.21 Å². The molecule has 1 atom stereocenters. The topological polar surface area (TPSA) is 66.4 Å². The third-order valence-electron chi connectivity index (χ3n) is 5.03. The molecule has 178 valence electrons. The molecule has 0 fully saturated rings. The molecule has 0 bridgehead atoms. The van der Waals surface area contributed by atoms with E-state index < -0.39 is 12.1 Å². The second kappa shape index (κ2) is 12.1. The van der Waals surface area contributed by atoms with Gasteiger partial charge in [-0.2, -0.15) is 0 Å². The number of benzene rings is 3. The molecule has 34 heavy (non-hydrogen) atoms. The molecule has 3 aromatic rings. The van der Waals surface area contributed by atoms with Gasteiger partial charge in [-0.1, -0.05) is 41.0 Å². The lowest BCUT2D eigenvalue weighted by molar-refractivity contribution is -0.151. The zero-order valence-electron chi connectivity index (χ0n) is 19.7. The second-order valence-electron chi connectivity index (χ2n) is 7.67. The molecule has 7 heteroatoms. The van der Waals surface area contributed by atoms with Crippen LogP contribution in [-0.2, 0) is 16.2 Å². The predicted octanol–water partition coefficient (Wildman–Crippen LogP) is 6.28. The highest BCUT2D eigenvalue weighted by molar-refractivity contribution is 6.31. The van der Waals surface area contributed by atoms with Crippen LogP contribution in [0.25, 0.3) is 0 Å². The molecule has 0 N–H and O–H groups in total. The van der Waals surface area contributed by atoms with Crippen molar-refractivity contribution < 1.29 is 23.8 Å². The lowest BCUT2D eigenvalue weighted by Gasteiger charge is -2.14. The molecule has 0 aromatic heterocycles. The molecule has 0 spiro atoms. The number of oxime groups is 1. The zero-order chi connectivity index (χ0) is 24.5. The molecule has 0 saturated heterocycles. The van der Waals surface area contributed by atoms with Gasteiger partial charge >= 0.3 is 5.97 Å². The summed E-state index contributed by atoms with van der Waals surface area (Å²) in [6, 6.07) is 18.6. The van der Waals surface area contributed by atoms with E-state index >= 15 is 0 Å². The summed E-state index contributed by atoms with van der Waals surface area (Å²) >= 11 is 6.02. The minimum absolute atomic E-state index is 0.433. The van der Waals surface area contributed by atoms with Crippen LogP contribution >= 0.6 is 11.6 Å². The molecule has 1 unspecified atom stereocenters. The fourth-order valence-electron chi connectivity index (χ4n) is 3.08. The zero-order valence-corrected chi connectivity index (χ0v) is 20.5. The maximum absolute atomic E-state index is 12.2. The molecule has 0 aliphatic rings. The van der Waals surface area contributed by atoms with Gasteiger partial charge in [-0.15, -0.1) is 0 Å². The number of halogens is 1. The summed E-state index contributed by atoms with van der Waals surface area (Å²) in [6.07, 6.45) is 0.596. The van der Waals surface area contributed by atoms with Crippen molar-refractivity contribution in [2.24, 2.45) is 5.16 Å². The Morgan fingerprint density at radius 3 is 2.53 bits per heavy atom. The molecule has 0 heterocycles. The molecule has 0 saturated carbocycles. The van der Waals surface area contributed by atoms with Gasteiger partial charge in [-0.05, 0) is 80.8 Å². The number of aryl methyl sites for hydroxylation is 2. The van der Waals surface area contributed by atoms with E-state index in [2.05, 4.69) is 5.16 Å². The lowest BCUT2D eigenvalue weighted by Crippen LogP contribution is -2.24. The fraction of sp³-hybridized carbons (Fsp3) is 0.259. The Balaban J connectivity index is 1.59. The van der Waals surface area contributed by atoms with E-state index in [-0.39, 0.29) is 0 Å². The van der Waals surface area contributed by atoms with E-state index in [0.717, 1.165) is 16.7 Å². The Morgan fingerprint density at radius 2 is 1.79 bits per heavy atom. The predicted molar refractivity (Wildman–Crippen MR) is 133 cm³/mol. The first-order valence-electron chi connectivity index (χ1n) is 11.0. The number of carbonyl (C=O) groups excluding carboxylic acids is 1. The van der Waals surface area contributed by atoms with Gasteiger partial charge in [-0.3, -0.25) is 0 Å². The first-order chi connectivity index (χ1) is 16.4. The number of hydrogen-bond donors (Lipinski definition) is 0. The summed E-state index contributed by atoms with van der Waals surface area (Å²) in [5, 5.41) is 4.43. The van der Waals surface area contributed by atoms with Crippen molar-refractivity contribution >= 4 is 23.8 Å². The number of rotatable bonds is 10. The van der Waals surface area contributed by atoms with Crippen LogP contribution in [0.5, 0.6) is 17.2 Å². The SMILES string of the molecule is CCOc1cc(/C=N/OC(=O)C(C)Oc2ccc(Cl)c(C)c2)ccc1OCc1ccccc1C. The normalized spacial score (nSPS) is 11.8. The minimum Gasteiger partial charge on any atom is -0.490 e. The minimum atomic E-state index is -0.839. The highest BCUT2D eigenvalue weighted by atomic mass is 35.5. The summed E-state index contributed by atoms with van der Waals surface area (Å²) in [5.74, 6) is 1.12. The quantitative estimate of drug-likeness (QED) is 0.194. The van der Waals surface area contributed by atoms with Gasteiger partial charge in [0.1, 0.15) is 12.4 Å². The molecular weight excluding hydrogens is 454 g/mol. The summed E-state index contributed by atoms with van der Waals surface area (Å²) in [4.78, 5) is 17.2. The van der Waals surface area contributed by atoms with Crippen LogP contribution in [0, 0.1) is 13.8 Å². The molecular formula is C27H28ClNO5. The van der Waals surface area contributed by atoms with Crippen molar-refractivity contribution in [1.82, 2.24) is 0 Å². The Hall–Kier alpha value is -3.51. The van der Waals surface area contributed by atoms with Gasteiger partial charge in [0.05, 0.1) is 12.8 Å². The molecule has 0 aliphatic carbocycles. The van der Waals surface area contributed by atoms with E-state index in [4.69, 9.17) is 30.6 Å². The van der Waals surface area contributed by atoms with Crippen LogP contribution in [-0.4, -0.2) is 24.9 Å². The number of ether oxygens (including phenoxy) is 3. The van der Waals surface area contributed by atoms with Gasteiger partial charge in [0.25, 0.3) is 0 Å². The Bertz CT molecular complexity index is 1160. The van der Waals surface area contributed by atoms with Gasteiger partial charge in [0, 0.05) is 10.6 Å². The number of hydrogen-bond acceptors (Lipinski definition) is 6. The highest BCUT2D eigenvalue weighted by Gasteiger charge is 2.17. The molecule has 0 radical (unpaired) electrons. The number of carbonyl (C=O) groups is 1. The second-order valence-corrected chi connectivity index (χ2v) is 8.08. The Kier molecular flexibility index (Phi) is 8.93. The van der Waals surface area contributed by atoms with Crippen molar-refractivity contribution in [3.63, 3.8) is 0 Å². The van der Waals surface area contributed by atoms with Crippen LogP contribution in [0.2, 0.25) is 5.02 Å².